The fraction of sp³-hybridized carbons (Fsp3) is 0.350. The van der Waals surface area contributed by atoms with Gasteiger partial charge in [0.05, 0.1) is 5.39 Å². The molecule has 0 bridgehead atoms. The van der Waals surface area contributed by atoms with Crippen molar-refractivity contribution in [2.45, 2.75) is 46.0 Å². The van der Waals surface area contributed by atoms with Gasteiger partial charge in [-0.3, -0.25) is 15.0 Å². The topological polar surface area (TPSA) is 64.0 Å². The minimum atomic E-state index is -0.287. The minimum Gasteiger partial charge on any atom is -0.267 e. The molecule has 1 aliphatic carbocycles. The summed E-state index contributed by atoms with van der Waals surface area (Å²) in [5.41, 5.74) is 5.20. The van der Waals surface area contributed by atoms with E-state index in [4.69, 9.17) is 4.98 Å². The van der Waals surface area contributed by atoms with Gasteiger partial charge in [-0.1, -0.05) is 25.1 Å². The van der Waals surface area contributed by atoms with Crippen LogP contribution in [0.3, 0.4) is 0 Å². The zero-order chi connectivity index (χ0) is 18.3. The molecule has 4 rings (SSSR count). The lowest BCUT2D eigenvalue weighted by molar-refractivity contribution is 0.101. The summed E-state index contributed by atoms with van der Waals surface area (Å²) < 4.78 is 1.35. The molecule has 0 radical (unpaired) electrons. The van der Waals surface area contributed by atoms with Crippen LogP contribution in [-0.4, -0.2) is 15.6 Å². The van der Waals surface area contributed by atoms with Gasteiger partial charge < -0.3 is 0 Å². The number of hydrogen-bond acceptors (Lipinski definition) is 4. The highest BCUT2D eigenvalue weighted by Crippen LogP contribution is 2.33. The maximum atomic E-state index is 13.2. The van der Waals surface area contributed by atoms with Gasteiger partial charge in [-0.05, 0) is 49.8 Å². The van der Waals surface area contributed by atoms with E-state index in [1.807, 2.05) is 32.0 Å². The Morgan fingerprint density at radius 1 is 1.27 bits per heavy atom. The fourth-order valence-electron chi connectivity index (χ4n) is 3.59. The summed E-state index contributed by atoms with van der Waals surface area (Å²) in [6, 6.07) is 7.36. The molecule has 2 heterocycles. The molecule has 1 amide bonds. The van der Waals surface area contributed by atoms with Crippen molar-refractivity contribution >= 4 is 27.5 Å². The summed E-state index contributed by atoms with van der Waals surface area (Å²) in [7, 11) is 0. The number of thiophene rings is 1. The summed E-state index contributed by atoms with van der Waals surface area (Å²) in [5.74, 6) is 0.299. The molecule has 134 valence electrons. The van der Waals surface area contributed by atoms with E-state index in [-0.39, 0.29) is 11.5 Å². The lowest BCUT2D eigenvalue weighted by Crippen LogP contribution is -2.36. The molecule has 0 saturated heterocycles. The molecule has 1 aromatic carbocycles. The molecule has 2 aromatic heterocycles. The van der Waals surface area contributed by atoms with Crippen LogP contribution >= 0.6 is 11.3 Å². The smallest absolute Gasteiger partial charge is 0.267 e. The average Bonchev–Trinajstić information content (AvgIpc) is 3.02. The van der Waals surface area contributed by atoms with Crippen LogP contribution in [-0.2, 0) is 19.3 Å². The first kappa shape index (κ1) is 17.0. The maximum Gasteiger partial charge on any atom is 0.281 e. The molecular weight excluding hydrogens is 346 g/mol. The van der Waals surface area contributed by atoms with Crippen molar-refractivity contribution in [2.24, 2.45) is 0 Å². The standard InChI is InChI=1S/C20H21N3O2S/c1-3-16-21-19-17(14-10-6-7-11-15(14)26-19)20(25)23(16)22-18(24)13-9-5-4-8-12(13)2/h4-5,8-9H,3,6-7,10-11H2,1-2H3,(H,22,24). The molecular formula is C20H21N3O2S. The number of nitrogens with one attached hydrogen (secondary N) is 1. The normalized spacial score (nSPS) is 13.6. The molecule has 1 aliphatic rings. The molecule has 26 heavy (non-hydrogen) atoms. The number of hydrogen-bond donors (Lipinski definition) is 1. The van der Waals surface area contributed by atoms with E-state index in [0.717, 1.165) is 35.2 Å². The number of amides is 1. The fourth-order valence-corrected chi connectivity index (χ4v) is 4.86. The Kier molecular flexibility index (Phi) is 4.36. The summed E-state index contributed by atoms with van der Waals surface area (Å²) >= 11 is 1.63. The first-order chi connectivity index (χ1) is 12.6. The molecule has 0 aliphatic heterocycles. The van der Waals surface area contributed by atoms with Crippen molar-refractivity contribution in [3.05, 3.63) is 62.0 Å². The number of aromatic nitrogens is 2. The van der Waals surface area contributed by atoms with Crippen molar-refractivity contribution in [2.75, 3.05) is 5.43 Å². The second kappa shape index (κ2) is 6.68. The van der Waals surface area contributed by atoms with Crippen molar-refractivity contribution in [3.8, 4) is 0 Å². The second-order valence-electron chi connectivity index (χ2n) is 6.67. The third kappa shape index (κ3) is 2.74. The number of rotatable bonds is 3. The zero-order valence-electron chi connectivity index (χ0n) is 15.0. The number of benzene rings is 1. The lowest BCUT2D eigenvalue weighted by atomic mass is 9.97. The molecule has 0 unspecified atom stereocenters. The third-order valence-electron chi connectivity index (χ3n) is 4.98. The van der Waals surface area contributed by atoms with Gasteiger partial charge in [-0.25, -0.2) is 9.66 Å². The first-order valence-electron chi connectivity index (χ1n) is 9.03. The van der Waals surface area contributed by atoms with Crippen LogP contribution in [0.4, 0.5) is 0 Å². The molecule has 0 saturated carbocycles. The van der Waals surface area contributed by atoms with Crippen LogP contribution in [0, 0.1) is 6.92 Å². The van der Waals surface area contributed by atoms with Crippen LogP contribution in [0.15, 0.2) is 29.1 Å². The van der Waals surface area contributed by atoms with Crippen molar-refractivity contribution in [3.63, 3.8) is 0 Å². The monoisotopic (exact) mass is 367 g/mol. The predicted octanol–water partition coefficient (Wildman–Crippen LogP) is 3.59. The summed E-state index contributed by atoms with van der Waals surface area (Å²) in [6.45, 7) is 3.83. The van der Waals surface area contributed by atoms with Gasteiger partial charge in [-0.15, -0.1) is 11.3 Å². The Labute approximate surface area is 155 Å². The number of carbonyl (C=O) groups excluding carboxylic acids is 1. The van der Waals surface area contributed by atoms with Crippen LogP contribution < -0.4 is 11.0 Å². The third-order valence-corrected chi connectivity index (χ3v) is 6.16. The van der Waals surface area contributed by atoms with Crippen molar-refractivity contribution < 1.29 is 4.79 Å². The van der Waals surface area contributed by atoms with E-state index < -0.39 is 0 Å². The van der Waals surface area contributed by atoms with Gasteiger partial charge in [-0.2, -0.15) is 0 Å². The highest BCUT2D eigenvalue weighted by Gasteiger charge is 2.22. The number of aryl methyl sites for hydroxylation is 4. The van der Waals surface area contributed by atoms with Gasteiger partial charge in [0, 0.05) is 16.9 Å². The second-order valence-corrected chi connectivity index (χ2v) is 7.75. The van der Waals surface area contributed by atoms with E-state index in [1.165, 1.54) is 16.0 Å². The van der Waals surface area contributed by atoms with Gasteiger partial charge in [0.15, 0.2) is 0 Å². The molecule has 0 fully saturated rings. The Morgan fingerprint density at radius 2 is 2.04 bits per heavy atom. The summed E-state index contributed by atoms with van der Waals surface area (Å²) in [5, 5.41) is 0.687. The van der Waals surface area contributed by atoms with Crippen LogP contribution in [0.2, 0.25) is 0 Å². The highest BCUT2D eigenvalue weighted by molar-refractivity contribution is 7.18. The highest BCUT2D eigenvalue weighted by atomic mass is 32.1. The van der Waals surface area contributed by atoms with E-state index in [2.05, 4.69) is 5.43 Å². The molecule has 0 atom stereocenters. The molecule has 3 aromatic rings. The largest absolute Gasteiger partial charge is 0.281 e. The zero-order valence-corrected chi connectivity index (χ0v) is 15.8. The molecule has 6 heteroatoms. The quantitative estimate of drug-likeness (QED) is 0.769. The Balaban J connectivity index is 1.84. The van der Waals surface area contributed by atoms with Gasteiger partial charge >= 0.3 is 0 Å². The van der Waals surface area contributed by atoms with Gasteiger partial charge in [0.1, 0.15) is 10.7 Å². The van der Waals surface area contributed by atoms with Gasteiger partial charge in [0.2, 0.25) is 0 Å². The Bertz CT molecular complexity index is 1060. The van der Waals surface area contributed by atoms with Crippen molar-refractivity contribution in [1.82, 2.24) is 9.66 Å². The summed E-state index contributed by atoms with van der Waals surface area (Å²) in [4.78, 5) is 32.7. The Hall–Kier alpha value is -2.47. The number of fused-ring (bicyclic) bond motifs is 3. The van der Waals surface area contributed by atoms with Crippen LogP contribution in [0.1, 0.15) is 52.0 Å². The first-order valence-corrected chi connectivity index (χ1v) is 9.85. The molecule has 5 nitrogen and oxygen atoms in total. The van der Waals surface area contributed by atoms with E-state index in [1.54, 1.807) is 17.4 Å². The van der Waals surface area contributed by atoms with E-state index >= 15 is 0 Å². The average molecular weight is 367 g/mol. The van der Waals surface area contributed by atoms with Crippen molar-refractivity contribution in [1.29, 1.82) is 0 Å². The number of nitrogens with zero attached hydrogens (tertiary/aromatic N) is 2. The predicted molar refractivity (Wildman–Crippen MR) is 105 cm³/mol. The lowest BCUT2D eigenvalue weighted by Gasteiger charge is -2.14. The Morgan fingerprint density at radius 3 is 2.81 bits per heavy atom. The SMILES string of the molecule is CCc1nc2sc3c(c2c(=O)n1NC(=O)c1ccccc1C)CCCC3. The molecule has 1 N–H and O–H groups in total. The van der Waals surface area contributed by atoms with E-state index in [0.29, 0.717) is 23.2 Å². The number of carbonyl (C=O) groups is 1. The maximum absolute atomic E-state index is 13.2. The molecule has 0 spiro atoms. The van der Waals surface area contributed by atoms with Crippen LogP contribution in [0.5, 0.6) is 0 Å². The van der Waals surface area contributed by atoms with E-state index in [9.17, 15) is 9.59 Å². The minimum absolute atomic E-state index is 0.159. The van der Waals surface area contributed by atoms with Crippen LogP contribution in [0.25, 0.3) is 10.2 Å². The summed E-state index contributed by atoms with van der Waals surface area (Å²) in [6.07, 6.45) is 4.78. The van der Waals surface area contributed by atoms with Gasteiger partial charge in [0.25, 0.3) is 11.5 Å².